The van der Waals surface area contributed by atoms with Gasteiger partial charge in [-0.05, 0) is 68.9 Å². The number of piperidine rings is 1. The molecule has 0 aliphatic carbocycles. The van der Waals surface area contributed by atoms with E-state index in [1.54, 1.807) is 12.1 Å². The number of nitrogens with two attached hydrogens (primary N) is 1. The number of nitrogens with zero attached hydrogens (tertiary/aromatic N) is 1. The molecule has 10 nitrogen and oxygen atoms in total. The molecule has 2 aromatic rings. The van der Waals surface area contributed by atoms with Crippen LogP contribution >= 0.6 is 12.4 Å². The number of nitrogens with one attached hydrogen (secondary N) is 1. The van der Waals surface area contributed by atoms with Crippen LogP contribution in [0.1, 0.15) is 73.0 Å². The topological polar surface area (TPSA) is 129 Å². The molecule has 4 rings (SSSR count). The van der Waals surface area contributed by atoms with Gasteiger partial charge in [0.2, 0.25) is 11.8 Å². The lowest BCUT2D eigenvalue weighted by Gasteiger charge is -2.29. The van der Waals surface area contributed by atoms with Crippen LogP contribution in [-0.2, 0) is 25.6 Å². The fraction of sp³-hybridized carbons (Fsp3) is 0.516. The van der Waals surface area contributed by atoms with E-state index >= 15 is 0 Å². The minimum atomic E-state index is -0.644. The SMILES string of the molecule is C[C@@H](N)c1cccc(OCCCCCOCCCOCCOc2cccc3c2CN(C2CCC(=O)NC2=O)C3=O)c1.Cl. The second-order valence-electron chi connectivity index (χ2n) is 10.4. The van der Waals surface area contributed by atoms with Crippen LogP contribution in [0.3, 0.4) is 0 Å². The van der Waals surface area contributed by atoms with Crippen molar-refractivity contribution in [2.75, 3.05) is 39.6 Å². The third-order valence-electron chi connectivity index (χ3n) is 7.19. The summed E-state index contributed by atoms with van der Waals surface area (Å²) in [4.78, 5) is 38.2. The molecule has 2 aliphatic rings. The van der Waals surface area contributed by atoms with E-state index in [0.717, 1.165) is 49.2 Å². The fourth-order valence-electron chi connectivity index (χ4n) is 4.93. The molecule has 1 saturated heterocycles. The lowest BCUT2D eigenvalue weighted by molar-refractivity contribution is -0.136. The monoisotopic (exact) mass is 603 g/mol. The van der Waals surface area contributed by atoms with Gasteiger partial charge in [-0.15, -0.1) is 12.4 Å². The molecule has 230 valence electrons. The molecule has 2 aliphatic heterocycles. The largest absolute Gasteiger partial charge is 0.494 e. The van der Waals surface area contributed by atoms with Crippen LogP contribution in [0.2, 0.25) is 0 Å². The summed E-state index contributed by atoms with van der Waals surface area (Å²) in [5, 5.41) is 2.32. The molecule has 1 fully saturated rings. The Kier molecular flexibility index (Phi) is 13.5. The number of imide groups is 1. The number of hydrogen-bond acceptors (Lipinski definition) is 8. The minimum absolute atomic E-state index is 0. The van der Waals surface area contributed by atoms with Crippen LogP contribution in [-0.4, -0.2) is 68.3 Å². The third kappa shape index (κ3) is 9.42. The fourth-order valence-corrected chi connectivity index (χ4v) is 4.93. The number of fused-ring (bicyclic) bond motifs is 1. The first kappa shape index (κ1) is 33.3. The number of ether oxygens (including phenoxy) is 4. The van der Waals surface area contributed by atoms with Crippen molar-refractivity contribution in [3.63, 3.8) is 0 Å². The summed E-state index contributed by atoms with van der Waals surface area (Å²) in [6.07, 6.45) is 4.36. The van der Waals surface area contributed by atoms with E-state index < -0.39 is 11.9 Å². The average Bonchev–Trinajstić information content (AvgIpc) is 3.30. The number of carbonyl (C=O) groups excluding carboxylic acids is 3. The van der Waals surface area contributed by atoms with Crippen LogP contribution in [0, 0.1) is 0 Å². The van der Waals surface area contributed by atoms with Crippen molar-refractivity contribution < 1.29 is 33.3 Å². The highest BCUT2D eigenvalue weighted by Gasteiger charge is 2.40. The van der Waals surface area contributed by atoms with Crippen LogP contribution < -0.4 is 20.5 Å². The van der Waals surface area contributed by atoms with Gasteiger partial charge in [-0.2, -0.15) is 0 Å². The molecule has 0 saturated carbocycles. The molecule has 0 aromatic heterocycles. The zero-order valence-corrected chi connectivity index (χ0v) is 25.0. The normalized spacial score (nSPS) is 17.0. The summed E-state index contributed by atoms with van der Waals surface area (Å²) in [6, 6.07) is 12.6. The van der Waals surface area contributed by atoms with Gasteiger partial charge in [0.15, 0.2) is 0 Å². The number of unbranched alkanes of at least 4 members (excludes halogenated alkanes) is 2. The van der Waals surface area contributed by atoms with E-state index in [9.17, 15) is 14.4 Å². The van der Waals surface area contributed by atoms with Gasteiger partial charge in [-0.1, -0.05) is 18.2 Å². The van der Waals surface area contributed by atoms with Crippen molar-refractivity contribution >= 4 is 30.1 Å². The van der Waals surface area contributed by atoms with Gasteiger partial charge >= 0.3 is 0 Å². The van der Waals surface area contributed by atoms with E-state index in [1.807, 2.05) is 37.3 Å². The maximum atomic E-state index is 12.9. The molecule has 11 heteroatoms. The summed E-state index contributed by atoms with van der Waals surface area (Å²) in [6.45, 7) is 5.63. The Morgan fingerprint density at radius 1 is 0.905 bits per heavy atom. The second-order valence-corrected chi connectivity index (χ2v) is 10.4. The molecule has 2 heterocycles. The van der Waals surface area contributed by atoms with Gasteiger partial charge in [-0.3, -0.25) is 19.7 Å². The molecule has 0 bridgehead atoms. The maximum Gasteiger partial charge on any atom is 0.255 e. The molecule has 0 radical (unpaired) electrons. The van der Waals surface area contributed by atoms with E-state index in [0.29, 0.717) is 50.8 Å². The summed E-state index contributed by atoms with van der Waals surface area (Å²) < 4.78 is 23.1. The van der Waals surface area contributed by atoms with Gasteiger partial charge in [0.25, 0.3) is 5.91 Å². The zero-order valence-electron chi connectivity index (χ0n) is 24.2. The highest BCUT2D eigenvalue weighted by Crippen LogP contribution is 2.33. The smallest absolute Gasteiger partial charge is 0.255 e. The number of rotatable bonds is 17. The second kappa shape index (κ2) is 17.1. The standard InChI is InChI=1S/C31H41N3O7.ClH/c1-22(32)23-8-5-9-24(20-23)40-17-4-2-3-14-38-15-7-16-39-18-19-41-28-11-6-10-25-26(28)21-34(31(25)37)27-12-13-29(35)33-30(27)36;/h5-6,8-11,20,22,27H,2-4,7,12-19,21,32H2,1H3,(H,33,35,36);1H/t22-,27?;/m1./s1. The van der Waals surface area contributed by atoms with Gasteiger partial charge in [0, 0.05) is 43.4 Å². The van der Waals surface area contributed by atoms with Crippen LogP contribution in [0.4, 0.5) is 0 Å². The lowest BCUT2D eigenvalue weighted by Crippen LogP contribution is -2.52. The number of benzene rings is 2. The molecule has 3 N–H and O–H groups in total. The van der Waals surface area contributed by atoms with Crippen molar-refractivity contribution in [3.8, 4) is 11.5 Å². The van der Waals surface area contributed by atoms with Gasteiger partial charge in [0.05, 0.1) is 19.8 Å². The van der Waals surface area contributed by atoms with Crippen molar-refractivity contribution in [2.45, 2.75) is 64.1 Å². The van der Waals surface area contributed by atoms with Crippen molar-refractivity contribution in [3.05, 3.63) is 59.2 Å². The van der Waals surface area contributed by atoms with Gasteiger partial charge in [-0.25, -0.2) is 0 Å². The highest BCUT2D eigenvalue weighted by molar-refractivity contribution is 6.05. The van der Waals surface area contributed by atoms with Crippen molar-refractivity contribution in [2.24, 2.45) is 5.73 Å². The number of carbonyl (C=O) groups is 3. The first-order valence-corrected chi connectivity index (χ1v) is 14.5. The predicted octanol–water partition coefficient (Wildman–Crippen LogP) is 3.94. The number of hydrogen-bond donors (Lipinski definition) is 2. The summed E-state index contributed by atoms with van der Waals surface area (Å²) >= 11 is 0. The van der Waals surface area contributed by atoms with E-state index in [2.05, 4.69) is 5.32 Å². The Labute approximate surface area is 253 Å². The number of amides is 3. The lowest BCUT2D eigenvalue weighted by atomic mass is 10.0. The van der Waals surface area contributed by atoms with E-state index in [1.165, 1.54) is 4.90 Å². The molecule has 2 atom stereocenters. The predicted molar refractivity (Wildman–Crippen MR) is 160 cm³/mol. The number of halogens is 1. The van der Waals surface area contributed by atoms with Crippen LogP contribution in [0.15, 0.2) is 42.5 Å². The summed E-state index contributed by atoms with van der Waals surface area (Å²) in [7, 11) is 0. The van der Waals surface area contributed by atoms with Crippen molar-refractivity contribution in [1.29, 1.82) is 0 Å². The minimum Gasteiger partial charge on any atom is -0.494 e. The first-order valence-electron chi connectivity index (χ1n) is 14.5. The Bertz CT molecular complexity index is 1190. The molecule has 2 aromatic carbocycles. The van der Waals surface area contributed by atoms with Crippen molar-refractivity contribution in [1.82, 2.24) is 10.2 Å². The Morgan fingerprint density at radius 3 is 2.43 bits per heavy atom. The van der Waals surface area contributed by atoms with Crippen LogP contribution in [0.5, 0.6) is 11.5 Å². The first-order chi connectivity index (χ1) is 19.9. The molecular weight excluding hydrogens is 562 g/mol. The Morgan fingerprint density at radius 2 is 1.64 bits per heavy atom. The van der Waals surface area contributed by atoms with Gasteiger partial charge in [0.1, 0.15) is 24.1 Å². The molecule has 0 spiro atoms. The quantitative estimate of drug-likeness (QED) is 0.205. The van der Waals surface area contributed by atoms with E-state index in [-0.39, 0.29) is 43.2 Å². The summed E-state index contributed by atoms with van der Waals surface area (Å²) in [5.41, 5.74) is 8.29. The Balaban J connectivity index is 0.00000484. The van der Waals surface area contributed by atoms with Gasteiger partial charge < -0.3 is 29.6 Å². The third-order valence-corrected chi connectivity index (χ3v) is 7.19. The zero-order chi connectivity index (χ0) is 29.0. The maximum absolute atomic E-state index is 12.9. The molecular formula is C31H42ClN3O7. The van der Waals surface area contributed by atoms with Crippen LogP contribution in [0.25, 0.3) is 0 Å². The Hall–Kier alpha value is -3.18. The molecule has 1 unspecified atom stereocenters. The molecule has 3 amide bonds. The average molecular weight is 604 g/mol. The summed E-state index contributed by atoms with van der Waals surface area (Å²) in [5.74, 6) is 0.534. The molecule has 42 heavy (non-hydrogen) atoms. The van der Waals surface area contributed by atoms with E-state index in [4.69, 9.17) is 24.7 Å². The highest BCUT2D eigenvalue weighted by atomic mass is 35.5.